The van der Waals surface area contributed by atoms with Crippen LogP contribution in [-0.4, -0.2) is 19.9 Å². The molecule has 0 amide bonds. The van der Waals surface area contributed by atoms with E-state index in [0.717, 1.165) is 28.0 Å². The third-order valence-corrected chi connectivity index (χ3v) is 4.13. The molecular weight excluding hydrogens is 286 g/mol. The van der Waals surface area contributed by atoms with Gasteiger partial charge in [0.15, 0.2) is 10.9 Å². The van der Waals surface area contributed by atoms with Crippen LogP contribution in [0, 0.1) is 0 Å². The van der Waals surface area contributed by atoms with Crippen molar-refractivity contribution in [2.75, 3.05) is 0 Å². The zero-order valence-corrected chi connectivity index (χ0v) is 12.4. The first kappa shape index (κ1) is 13.8. The minimum atomic E-state index is 0.381. The van der Waals surface area contributed by atoms with E-state index in [0.29, 0.717) is 12.3 Å². The van der Waals surface area contributed by atoms with Gasteiger partial charge >= 0.3 is 0 Å². The predicted octanol–water partition coefficient (Wildman–Crippen LogP) is 2.22. The predicted molar refractivity (Wildman–Crippen MR) is 80.4 cm³/mol. The molecule has 0 spiro atoms. The number of nitrogens with two attached hydrogens (primary N) is 1. The molecule has 2 N–H and O–H groups in total. The fourth-order valence-electron chi connectivity index (χ4n) is 1.91. The van der Waals surface area contributed by atoms with Gasteiger partial charge in [-0.1, -0.05) is 47.3 Å². The van der Waals surface area contributed by atoms with Gasteiger partial charge in [0.05, 0.1) is 12.2 Å². The molecular formula is C14H15N5OS. The summed E-state index contributed by atoms with van der Waals surface area (Å²) in [6, 6.07) is 11.9. The summed E-state index contributed by atoms with van der Waals surface area (Å²) in [4.78, 5) is 0. The zero-order valence-electron chi connectivity index (χ0n) is 11.6. The Kier molecular flexibility index (Phi) is 4.03. The zero-order chi connectivity index (χ0) is 14.7. The van der Waals surface area contributed by atoms with Crippen molar-refractivity contribution in [3.63, 3.8) is 0 Å². The van der Waals surface area contributed by atoms with Gasteiger partial charge < -0.3 is 14.8 Å². The molecule has 108 valence electrons. The number of hydrogen-bond acceptors (Lipinski definition) is 6. The normalized spacial score (nSPS) is 11.0. The van der Waals surface area contributed by atoms with Gasteiger partial charge in [-0.25, -0.2) is 0 Å². The van der Waals surface area contributed by atoms with Crippen LogP contribution >= 0.6 is 11.8 Å². The van der Waals surface area contributed by atoms with Crippen LogP contribution in [0.5, 0.6) is 0 Å². The summed E-state index contributed by atoms with van der Waals surface area (Å²) in [6.45, 7) is 0.381. The highest BCUT2D eigenvalue weighted by Crippen LogP contribution is 2.24. The molecule has 0 radical (unpaired) electrons. The second kappa shape index (κ2) is 6.11. The third kappa shape index (κ3) is 2.98. The molecule has 3 aromatic rings. The molecule has 7 heteroatoms. The Bertz CT molecular complexity index is 722. The first-order valence-corrected chi connectivity index (χ1v) is 7.48. The number of aromatic nitrogens is 4. The van der Waals surface area contributed by atoms with Crippen LogP contribution in [0.2, 0.25) is 0 Å². The number of nitrogens with zero attached hydrogens (tertiary/aromatic N) is 4. The first-order valence-electron chi connectivity index (χ1n) is 6.50. The summed E-state index contributed by atoms with van der Waals surface area (Å²) >= 11 is 1.56. The molecule has 0 bridgehead atoms. The molecule has 1 aromatic carbocycles. The van der Waals surface area contributed by atoms with Gasteiger partial charge in [-0.15, -0.1) is 10.2 Å². The average molecular weight is 301 g/mol. The van der Waals surface area contributed by atoms with Crippen molar-refractivity contribution in [1.82, 2.24) is 19.9 Å². The molecule has 6 nitrogen and oxygen atoms in total. The van der Waals surface area contributed by atoms with E-state index in [4.69, 9.17) is 10.3 Å². The van der Waals surface area contributed by atoms with E-state index in [1.807, 2.05) is 48.0 Å². The summed E-state index contributed by atoms with van der Waals surface area (Å²) < 4.78 is 7.26. The van der Waals surface area contributed by atoms with Gasteiger partial charge in [0.25, 0.3) is 0 Å². The van der Waals surface area contributed by atoms with Gasteiger partial charge in [0, 0.05) is 24.4 Å². The van der Waals surface area contributed by atoms with Crippen LogP contribution in [0.25, 0.3) is 11.3 Å². The number of thioether (sulfide) groups is 1. The highest BCUT2D eigenvalue weighted by molar-refractivity contribution is 7.98. The molecule has 2 aromatic heterocycles. The monoisotopic (exact) mass is 301 g/mol. The van der Waals surface area contributed by atoms with Crippen LogP contribution in [0.1, 0.15) is 11.5 Å². The standard InChI is InChI=1S/C14H15N5OS/c1-19-13(8-15)16-17-14(19)21-9-11-7-12(20-18-11)10-5-3-2-4-6-10/h2-7H,8-9,15H2,1H3. The fraction of sp³-hybridized carbons (Fsp3) is 0.214. The fourth-order valence-corrected chi connectivity index (χ4v) is 2.72. The molecule has 0 unspecified atom stereocenters. The average Bonchev–Trinajstić information content (AvgIpc) is 3.13. The Morgan fingerprint density at radius 1 is 1.24 bits per heavy atom. The molecule has 0 aliphatic rings. The first-order chi connectivity index (χ1) is 10.3. The van der Waals surface area contributed by atoms with Crippen molar-refractivity contribution >= 4 is 11.8 Å². The summed E-state index contributed by atoms with van der Waals surface area (Å²) in [7, 11) is 1.91. The Morgan fingerprint density at radius 2 is 2.05 bits per heavy atom. The van der Waals surface area contributed by atoms with Crippen molar-refractivity contribution in [2.24, 2.45) is 12.8 Å². The molecule has 0 saturated heterocycles. The minimum Gasteiger partial charge on any atom is -0.356 e. The van der Waals surface area contributed by atoms with E-state index in [1.54, 1.807) is 11.8 Å². The summed E-state index contributed by atoms with van der Waals surface area (Å²) in [5.41, 5.74) is 7.47. The van der Waals surface area contributed by atoms with Gasteiger partial charge in [-0.05, 0) is 0 Å². The molecule has 3 rings (SSSR count). The maximum Gasteiger partial charge on any atom is 0.191 e. The van der Waals surface area contributed by atoms with E-state index in [1.165, 1.54) is 0 Å². The van der Waals surface area contributed by atoms with E-state index in [-0.39, 0.29) is 0 Å². The molecule has 0 saturated carbocycles. The van der Waals surface area contributed by atoms with E-state index in [2.05, 4.69) is 15.4 Å². The number of rotatable bonds is 5. The van der Waals surface area contributed by atoms with Crippen LogP contribution in [0.3, 0.4) is 0 Å². The smallest absolute Gasteiger partial charge is 0.191 e. The minimum absolute atomic E-state index is 0.381. The Labute approximate surface area is 126 Å². The van der Waals surface area contributed by atoms with Crippen LogP contribution < -0.4 is 5.73 Å². The lowest BCUT2D eigenvalue weighted by molar-refractivity contribution is 0.426. The van der Waals surface area contributed by atoms with Crippen molar-refractivity contribution < 1.29 is 4.52 Å². The van der Waals surface area contributed by atoms with Crippen molar-refractivity contribution in [3.8, 4) is 11.3 Å². The van der Waals surface area contributed by atoms with E-state index >= 15 is 0 Å². The quantitative estimate of drug-likeness (QED) is 0.728. The van der Waals surface area contributed by atoms with Gasteiger partial charge in [-0.2, -0.15) is 0 Å². The lowest BCUT2D eigenvalue weighted by Gasteiger charge is -1.99. The third-order valence-electron chi connectivity index (χ3n) is 3.07. The van der Waals surface area contributed by atoms with Crippen molar-refractivity contribution in [1.29, 1.82) is 0 Å². The second-order valence-electron chi connectivity index (χ2n) is 4.50. The topological polar surface area (TPSA) is 82.8 Å². The van der Waals surface area contributed by atoms with Crippen LogP contribution in [-0.2, 0) is 19.3 Å². The number of hydrogen-bond donors (Lipinski definition) is 1. The Hall–Kier alpha value is -2.12. The molecule has 0 atom stereocenters. The van der Waals surface area contributed by atoms with E-state index in [9.17, 15) is 0 Å². The molecule has 0 fully saturated rings. The summed E-state index contributed by atoms with van der Waals surface area (Å²) in [5.74, 6) is 2.21. The summed E-state index contributed by atoms with van der Waals surface area (Å²) in [5, 5.41) is 13.0. The van der Waals surface area contributed by atoms with Crippen LogP contribution in [0.4, 0.5) is 0 Å². The van der Waals surface area contributed by atoms with Gasteiger partial charge in [0.2, 0.25) is 0 Å². The molecule has 0 aliphatic carbocycles. The Balaban J connectivity index is 1.69. The molecule has 21 heavy (non-hydrogen) atoms. The Morgan fingerprint density at radius 3 is 2.76 bits per heavy atom. The van der Waals surface area contributed by atoms with Gasteiger partial charge in [-0.3, -0.25) is 0 Å². The van der Waals surface area contributed by atoms with Crippen molar-refractivity contribution in [2.45, 2.75) is 17.5 Å². The summed E-state index contributed by atoms with van der Waals surface area (Å²) in [6.07, 6.45) is 0. The van der Waals surface area contributed by atoms with Gasteiger partial charge in [0.1, 0.15) is 5.82 Å². The largest absolute Gasteiger partial charge is 0.356 e. The van der Waals surface area contributed by atoms with Crippen molar-refractivity contribution in [3.05, 3.63) is 47.9 Å². The highest BCUT2D eigenvalue weighted by Gasteiger charge is 2.11. The maximum atomic E-state index is 5.58. The molecule has 0 aliphatic heterocycles. The lowest BCUT2D eigenvalue weighted by Crippen LogP contribution is -2.05. The SMILES string of the molecule is Cn1c(CN)nnc1SCc1cc(-c2ccccc2)on1. The lowest BCUT2D eigenvalue weighted by atomic mass is 10.2. The van der Waals surface area contributed by atoms with E-state index < -0.39 is 0 Å². The van der Waals surface area contributed by atoms with Crippen LogP contribution in [0.15, 0.2) is 46.1 Å². The molecule has 2 heterocycles. The highest BCUT2D eigenvalue weighted by atomic mass is 32.2. The maximum absolute atomic E-state index is 5.58. The second-order valence-corrected chi connectivity index (χ2v) is 5.44. The number of benzene rings is 1.